The van der Waals surface area contributed by atoms with E-state index in [0.29, 0.717) is 5.76 Å². The van der Waals surface area contributed by atoms with Crippen LogP contribution in [-0.4, -0.2) is 19.3 Å². The maximum absolute atomic E-state index is 12.3. The van der Waals surface area contributed by atoms with Gasteiger partial charge >= 0.3 is 12.1 Å². The molecule has 17 heavy (non-hydrogen) atoms. The monoisotopic (exact) mass is 250 g/mol. The Hall–Kier alpha value is -1.46. The highest BCUT2D eigenvalue weighted by Gasteiger charge is 2.39. The van der Waals surface area contributed by atoms with E-state index in [1.54, 1.807) is 0 Å². The van der Waals surface area contributed by atoms with Crippen LogP contribution in [0.1, 0.15) is 19.3 Å². The third-order valence-electron chi connectivity index (χ3n) is 2.46. The normalized spacial score (nSPS) is 21.2. The molecule has 0 heterocycles. The zero-order valence-corrected chi connectivity index (χ0v) is 9.29. The second-order valence-electron chi connectivity index (χ2n) is 3.63. The van der Waals surface area contributed by atoms with E-state index >= 15 is 0 Å². The van der Waals surface area contributed by atoms with Gasteiger partial charge in [0.2, 0.25) is 0 Å². The summed E-state index contributed by atoms with van der Waals surface area (Å²) in [5.74, 6) is -1.42. The Labute approximate surface area is 96.9 Å². The summed E-state index contributed by atoms with van der Waals surface area (Å²) in [5.41, 5.74) is 0. The first-order chi connectivity index (χ1) is 7.93. The van der Waals surface area contributed by atoms with Crippen molar-refractivity contribution in [3.8, 4) is 0 Å². The third-order valence-corrected chi connectivity index (χ3v) is 2.46. The highest BCUT2D eigenvalue weighted by molar-refractivity contribution is 5.81. The van der Waals surface area contributed by atoms with Crippen LogP contribution in [0.3, 0.4) is 0 Å². The summed E-state index contributed by atoms with van der Waals surface area (Å²) in [5, 5.41) is 0. The van der Waals surface area contributed by atoms with Crippen LogP contribution in [0.5, 0.6) is 0 Å². The van der Waals surface area contributed by atoms with Crippen LogP contribution in [0, 0.1) is 5.92 Å². The largest absolute Gasteiger partial charge is 0.469 e. The van der Waals surface area contributed by atoms with Gasteiger partial charge in [-0.1, -0.05) is 0 Å². The van der Waals surface area contributed by atoms with Crippen molar-refractivity contribution < 1.29 is 27.4 Å². The van der Waals surface area contributed by atoms with Gasteiger partial charge in [0.25, 0.3) is 0 Å². The number of carbonyl (C=O) groups excluding carboxylic acids is 1. The molecule has 3 nitrogen and oxygen atoms in total. The van der Waals surface area contributed by atoms with Crippen molar-refractivity contribution in [2.24, 2.45) is 5.92 Å². The van der Waals surface area contributed by atoms with Crippen molar-refractivity contribution in [3.63, 3.8) is 0 Å². The molecule has 0 bridgehead atoms. The lowest BCUT2D eigenvalue weighted by Crippen LogP contribution is -2.24. The molecule has 0 aliphatic heterocycles. The molecule has 96 valence electrons. The molecule has 0 amide bonds. The molecule has 0 fully saturated rings. The van der Waals surface area contributed by atoms with Crippen LogP contribution in [0.2, 0.25) is 0 Å². The number of hydrogen-bond donors (Lipinski definition) is 0. The fourth-order valence-electron chi connectivity index (χ4n) is 1.46. The van der Waals surface area contributed by atoms with Crippen LogP contribution < -0.4 is 0 Å². The van der Waals surface area contributed by atoms with Crippen LogP contribution in [0.4, 0.5) is 13.2 Å². The van der Waals surface area contributed by atoms with Crippen LogP contribution >= 0.6 is 0 Å². The zero-order chi connectivity index (χ0) is 12.9. The van der Waals surface area contributed by atoms with E-state index in [2.05, 4.69) is 4.74 Å². The maximum atomic E-state index is 12.3. The number of rotatable bonds is 3. The number of carbonyl (C=O) groups is 1. The van der Waals surface area contributed by atoms with E-state index in [4.69, 9.17) is 4.74 Å². The van der Waals surface area contributed by atoms with Crippen LogP contribution in [-0.2, 0) is 14.3 Å². The Morgan fingerprint density at radius 2 is 2.24 bits per heavy atom. The number of ether oxygens (including phenoxy) is 2. The molecular formula is C11H13F3O3. The summed E-state index contributed by atoms with van der Waals surface area (Å²) in [6, 6.07) is 0. The van der Waals surface area contributed by atoms with Crippen molar-refractivity contribution >= 4 is 5.97 Å². The molecule has 0 radical (unpaired) electrons. The second kappa shape index (κ2) is 5.75. The zero-order valence-electron chi connectivity index (χ0n) is 9.29. The lowest BCUT2D eigenvalue weighted by atomic mass is 9.93. The molecule has 0 aromatic carbocycles. The molecule has 0 aromatic rings. The predicted molar refractivity (Wildman–Crippen MR) is 53.7 cm³/mol. The van der Waals surface area contributed by atoms with Crippen molar-refractivity contribution in [2.75, 3.05) is 7.11 Å². The first-order valence-corrected chi connectivity index (χ1v) is 5.10. The second-order valence-corrected chi connectivity index (χ2v) is 3.63. The first kappa shape index (κ1) is 13.6. The van der Waals surface area contributed by atoms with Crippen molar-refractivity contribution in [3.05, 3.63) is 24.2 Å². The van der Waals surface area contributed by atoms with E-state index in [1.807, 2.05) is 0 Å². The van der Waals surface area contributed by atoms with Gasteiger partial charge in [0.1, 0.15) is 0 Å². The average Bonchev–Trinajstić information content (AvgIpc) is 2.28. The molecule has 1 atom stereocenters. The number of alkyl halides is 3. The molecular weight excluding hydrogens is 237 g/mol. The summed E-state index contributed by atoms with van der Waals surface area (Å²) in [4.78, 5) is 10.7. The minimum absolute atomic E-state index is 0.0153. The summed E-state index contributed by atoms with van der Waals surface area (Å²) < 4.78 is 46.3. The first-order valence-electron chi connectivity index (χ1n) is 5.10. The minimum atomic E-state index is -4.15. The van der Waals surface area contributed by atoms with Gasteiger partial charge in [0.15, 0.2) is 0 Å². The Morgan fingerprint density at radius 1 is 1.53 bits per heavy atom. The van der Waals surface area contributed by atoms with E-state index in [-0.39, 0.29) is 19.3 Å². The van der Waals surface area contributed by atoms with Crippen LogP contribution in [0.15, 0.2) is 24.2 Å². The van der Waals surface area contributed by atoms with Crippen LogP contribution in [0.25, 0.3) is 0 Å². The highest BCUT2D eigenvalue weighted by atomic mass is 19.4. The number of halogens is 3. The fraction of sp³-hybridized carbons (Fsp3) is 0.545. The summed E-state index contributed by atoms with van der Waals surface area (Å²) >= 11 is 0. The molecule has 1 rings (SSSR count). The Balaban J connectivity index is 2.42. The molecule has 0 aromatic heterocycles. The number of hydrogen-bond acceptors (Lipinski definition) is 3. The van der Waals surface area contributed by atoms with Gasteiger partial charge < -0.3 is 9.47 Å². The Morgan fingerprint density at radius 3 is 2.71 bits per heavy atom. The van der Waals surface area contributed by atoms with E-state index < -0.39 is 18.1 Å². The highest BCUT2D eigenvalue weighted by Crippen LogP contribution is 2.36. The Kier molecular flexibility index (Phi) is 4.60. The molecule has 0 saturated heterocycles. The van der Waals surface area contributed by atoms with E-state index in [0.717, 1.165) is 12.3 Å². The molecule has 0 N–H and O–H groups in total. The van der Waals surface area contributed by atoms with E-state index in [1.165, 1.54) is 13.2 Å². The van der Waals surface area contributed by atoms with Gasteiger partial charge in [-0.2, -0.15) is 13.2 Å². The quantitative estimate of drug-likeness (QED) is 0.439. The van der Waals surface area contributed by atoms with Gasteiger partial charge in [-0.3, -0.25) is 0 Å². The molecule has 0 spiro atoms. The van der Waals surface area contributed by atoms with Gasteiger partial charge in [-0.15, -0.1) is 0 Å². The number of esters is 1. The topological polar surface area (TPSA) is 35.5 Å². The fourth-order valence-corrected chi connectivity index (χ4v) is 1.46. The maximum Gasteiger partial charge on any atom is 0.392 e. The molecule has 1 aliphatic carbocycles. The molecule has 6 heteroatoms. The molecule has 1 unspecified atom stereocenters. The summed E-state index contributed by atoms with van der Waals surface area (Å²) in [6.45, 7) is 0. The van der Waals surface area contributed by atoms with Gasteiger partial charge in [0.05, 0.1) is 31.1 Å². The lowest BCUT2D eigenvalue weighted by Gasteiger charge is -2.23. The van der Waals surface area contributed by atoms with Crippen molar-refractivity contribution in [2.45, 2.75) is 25.4 Å². The van der Waals surface area contributed by atoms with Crippen molar-refractivity contribution in [1.82, 2.24) is 0 Å². The smallest absolute Gasteiger partial charge is 0.392 e. The summed E-state index contributed by atoms with van der Waals surface area (Å²) in [6.07, 6.45) is -0.405. The van der Waals surface area contributed by atoms with Gasteiger partial charge in [0, 0.05) is 6.42 Å². The van der Waals surface area contributed by atoms with Gasteiger partial charge in [-0.25, -0.2) is 4.79 Å². The van der Waals surface area contributed by atoms with E-state index in [9.17, 15) is 18.0 Å². The number of methoxy groups -OCH3 is 1. The SMILES string of the molecule is COC(=O)/C=C\OC1=CCC(C(F)(F)F)CC1. The summed E-state index contributed by atoms with van der Waals surface area (Å²) in [7, 11) is 1.22. The lowest BCUT2D eigenvalue weighted by molar-refractivity contribution is -0.176. The van der Waals surface area contributed by atoms with Crippen molar-refractivity contribution in [1.29, 1.82) is 0 Å². The van der Waals surface area contributed by atoms with Gasteiger partial charge in [-0.05, 0) is 18.9 Å². The third kappa shape index (κ3) is 4.50. The minimum Gasteiger partial charge on any atom is -0.469 e. The standard InChI is InChI=1S/C11H13F3O3/c1-16-10(15)6-7-17-9-4-2-8(3-5-9)11(12,13)14/h4,6-8H,2-3,5H2,1H3/b7-6-. The molecule has 0 saturated carbocycles. The Bertz CT molecular complexity index is 331. The number of allylic oxidation sites excluding steroid dienone is 2. The average molecular weight is 250 g/mol. The predicted octanol–water partition coefficient (Wildman–Crippen LogP) is 2.94. The molecule has 1 aliphatic rings.